The van der Waals surface area contributed by atoms with Crippen molar-refractivity contribution in [2.45, 2.75) is 13.8 Å². The van der Waals surface area contributed by atoms with Crippen molar-refractivity contribution in [2.24, 2.45) is 4.99 Å². The number of pyridine rings is 1. The Hall–Kier alpha value is -3.69. The molecule has 0 bridgehead atoms. The molecule has 0 aliphatic rings. The molecule has 2 aromatic heterocycles. The first-order chi connectivity index (χ1) is 14.6. The molecule has 0 atom stereocenters. The zero-order valence-electron chi connectivity index (χ0n) is 16.7. The van der Waals surface area contributed by atoms with Gasteiger partial charge in [-0.25, -0.2) is 4.98 Å². The Kier molecular flexibility index (Phi) is 5.46. The molecule has 4 rings (SSSR count). The van der Waals surface area contributed by atoms with Crippen molar-refractivity contribution < 1.29 is 4.74 Å². The fraction of sp³-hybridized carbons (Fsp3) is 0.125. The van der Waals surface area contributed by atoms with E-state index in [-0.39, 0.29) is 0 Å². The number of aliphatic imine (C=N–C) groups is 1. The molecule has 148 valence electrons. The number of aromatic nitrogens is 1. The van der Waals surface area contributed by atoms with Gasteiger partial charge < -0.3 is 10.5 Å². The Morgan fingerprint density at radius 1 is 1.17 bits per heavy atom. The zero-order valence-corrected chi connectivity index (χ0v) is 17.5. The molecule has 0 saturated carbocycles. The van der Waals surface area contributed by atoms with Crippen LogP contribution in [0.4, 0.5) is 11.4 Å². The van der Waals surface area contributed by atoms with E-state index in [4.69, 9.17) is 10.5 Å². The summed E-state index contributed by atoms with van der Waals surface area (Å²) in [6, 6.07) is 20.0. The number of rotatable bonds is 5. The van der Waals surface area contributed by atoms with E-state index in [1.165, 1.54) is 16.9 Å². The first kappa shape index (κ1) is 19.6. The van der Waals surface area contributed by atoms with Crippen LogP contribution in [0.15, 0.2) is 59.6 Å². The first-order valence-corrected chi connectivity index (χ1v) is 10.4. The van der Waals surface area contributed by atoms with E-state index in [1.54, 1.807) is 6.21 Å². The Balaban J connectivity index is 1.93. The minimum absolute atomic E-state index is 0.328. The number of nitrogens with two attached hydrogens (primary N) is 1. The number of ether oxygens (including phenoxy) is 1. The van der Waals surface area contributed by atoms with E-state index in [0.717, 1.165) is 31.9 Å². The molecule has 4 aromatic rings. The summed E-state index contributed by atoms with van der Waals surface area (Å²) in [5.41, 5.74) is 11.2. The monoisotopic (exact) mass is 412 g/mol. The van der Waals surface area contributed by atoms with Crippen LogP contribution in [0.2, 0.25) is 0 Å². The number of aryl methyl sites for hydroxylation is 1. The van der Waals surface area contributed by atoms with Crippen molar-refractivity contribution in [1.29, 1.82) is 5.26 Å². The molecule has 2 N–H and O–H groups in total. The van der Waals surface area contributed by atoms with Crippen LogP contribution in [-0.4, -0.2) is 17.8 Å². The molecule has 2 heterocycles. The third-order valence-electron chi connectivity index (χ3n) is 4.69. The number of thiophene rings is 1. The highest BCUT2D eigenvalue weighted by atomic mass is 32.1. The van der Waals surface area contributed by atoms with E-state index in [0.29, 0.717) is 23.7 Å². The van der Waals surface area contributed by atoms with Gasteiger partial charge in [0.1, 0.15) is 16.5 Å². The second kappa shape index (κ2) is 8.36. The number of fused-ring (bicyclic) bond motifs is 1. The largest absolute Gasteiger partial charge is 0.477 e. The van der Waals surface area contributed by atoms with E-state index in [1.807, 2.05) is 68.4 Å². The van der Waals surface area contributed by atoms with Crippen LogP contribution in [0.1, 0.15) is 22.9 Å². The molecule has 5 nitrogen and oxygen atoms in total. The number of hydrogen-bond donors (Lipinski definition) is 1. The number of nitriles is 1. The number of anilines is 1. The van der Waals surface area contributed by atoms with Gasteiger partial charge in [-0.2, -0.15) is 5.26 Å². The quantitative estimate of drug-likeness (QED) is 0.415. The Labute approximate surface area is 179 Å². The van der Waals surface area contributed by atoms with E-state index in [2.05, 4.69) is 16.0 Å². The number of benzene rings is 2. The Morgan fingerprint density at radius 3 is 2.57 bits per heavy atom. The van der Waals surface area contributed by atoms with Crippen LogP contribution >= 0.6 is 11.3 Å². The molecule has 30 heavy (non-hydrogen) atoms. The van der Waals surface area contributed by atoms with Gasteiger partial charge in [-0.15, -0.1) is 11.3 Å². The van der Waals surface area contributed by atoms with Crippen LogP contribution in [0.25, 0.3) is 21.3 Å². The summed E-state index contributed by atoms with van der Waals surface area (Å²) in [5.74, 6) is 0.328. The van der Waals surface area contributed by atoms with Gasteiger partial charge in [0.15, 0.2) is 0 Å². The van der Waals surface area contributed by atoms with Crippen LogP contribution < -0.4 is 10.5 Å². The predicted octanol–water partition coefficient (Wildman–Crippen LogP) is 5.87. The molecule has 0 fully saturated rings. The Morgan fingerprint density at radius 2 is 1.90 bits per heavy atom. The van der Waals surface area contributed by atoms with Gasteiger partial charge in [0, 0.05) is 17.2 Å². The molecule has 0 spiro atoms. The summed E-state index contributed by atoms with van der Waals surface area (Å²) in [6.45, 7) is 4.33. The van der Waals surface area contributed by atoms with E-state index in [9.17, 15) is 5.26 Å². The fourth-order valence-electron chi connectivity index (χ4n) is 3.25. The van der Waals surface area contributed by atoms with Crippen molar-refractivity contribution in [3.8, 4) is 23.1 Å². The number of nitrogen functional groups attached to an aromatic ring is 1. The van der Waals surface area contributed by atoms with E-state index < -0.39 is 0 Å². The summed E-state index contributed by atoms with van der Waals surface area (Å²) < 4.78 is 5.69. The molecule has 0 radical (unpaired) electrons. The van der Waals surface area contributed by atoms with Gasteiger partial charge in [0.05, 0.1) is 22.9 Å². The fourth-order valence-corrected chi connectivity index (χ4v) is 4.22. The normalized spacial score (nSPS) is 11.1. The predicted molar refractivity (Wildman–Crippen MR) is 124 cm³/mol. The first-order valence-electron chi connectivity index (χ1n) is 9.57. The van der Waals surface area contributed by atoms with Crippen LogP contribution in [0, 0.1) is 18.3 Å². The second-order valence-electron chi connectivity index (χ2n) is 6.73. The lowest BCUT2D eigenvalue weighted by atomic mass is 9.97. The average Bonchev–Trinajstić information content (AvgIpc) is 3.08. The second-order valence-corrected chi connectivity index (χ2v) is 7.76. The molecule has 0 saturated heterocycles. The highest BCUT2D eigenvalue weighted by Crippen LogP contribution is 2.43. The summed E-state index contributed by atoms with van der Waals surface area (Å²) in [4.78, 5) is 10.7. The van der Waals surface area contributed by atoms with Gasteiger partial charge in [0.2, 0.25) is 5.88 Å². The highest BCUT2D eigenvalue weighted by molar-refractivity contribution is 7.21. The van der Waals surface area contributed by atoms with Crippen LogP contribution in [0.3, 0.4) is 0 Å². The maximum absolute atomic E-state index is 9.89. The lowest BCUT2D eigenvalue weighted by Gasteiger charge is -2.11. The third-order valence-corrected chi connectivity index (χ3v) is 5.73. The molecular formula is C24H20N4OS. The molecule has 0 unspecified atom stereocenters. The van der Waals surface area contributed by atoms with Crippen molar-refractivity contribution in [3.63, 3.8) is 0 Å². The Bertz CT molecular complexity index is 1270. The van der Waals surface area contributed by atoms with Gasteiger partial charge >= 0.3 is 0 Å². The molecule has 2 aromatic carbocycles. The topological polar surface area (TPSA) is 84.3 Å². The maximum Gasteiger partial charge on any atom is 0.233 e. The standard InChI is InChI=1S/C24H20N4OS/c1-3-29-23-18(13-25)20(16-7-5-4-6-8-16)21-22(26)19(30-24(21)28-23)14-27-17-11-9-15(2)10-12-17/h4-12,14H,3,26H2,1-2H3. The average molecular weight is 413 g/mol. The zero-order chi connectivity index (χ0) is 21.1. The summed E-state index contributed by atoms with van der Waals surface area (Å²) >= 11 is 1.44. The van der Waals surface area contributed by atoms with Gasteiger partial charge in [-0.05, 0) is 31.5 Å². The molecular weight excluding hydrogens is 392 g/mol. The summed E-state index contributed by atoms with van der Waals surface area (Å²) in [6.07, 6.45) is 1.76. The van der Waals surface area contributed by atoms with Crippen molar-refractivity contribution >= 4 is 39.1 Å². The maximum atomic E-state index is 9.89. The third kappa shape index (κ3) is 3.63. The molecule has 0 aliphatic heterocycles. The van der Waals surface area contributed by atoms with E-state index >= 15 is 0 Å². The van der Waals surface area contributed by atoms with Gasteiger partial charge in [0.25, 0.3) is 0 Å². The van der Waals surface area contributed by atoms with Gasteiger partial charge in [-0.1, -0.05) is 48.0 Å². The highest BCUT2D eigenvalue weighted by Gasteiger charge is 2.22. The smallest absolute Gasteiger partial charge is 0.233 e. The molecule has 0 amide bonds. The van der Waals surface area contributed by atoms with Crippen molar-refractivity contribution in [1.82, 2.24) is 4.98 Å². The molecule has 6 heteroatoms. The number of nitrogens with zero attached hydrogens (tertiary/aromatic N) is 3. The lowest BCUT2D eigenvalue weighted by molar-refractivity contribution is 0.327. The lowest BCUT2D eigenvalue weighted by Crippen LogP contribution is -2.00. The van der Waals surface area contributed by atoms with Crippen LogP contribution in [0.5, 0.6) is 5.88 Å². The van der Waals surface area contributed by atoms with Crippen LogP contribution in [-0.2, 0) is 0 Å². The van der Waals surface area contributed by atoms with Gasteiger partial charge in [-0.3, -0.25) is 4.99 Å². The minimum Gasteiger partial charge on any atom is -0.477 e. The summed E-state index contributed by atoms with van der Waals surface area (Å²) in [7, 11) is 0. The minimum atomic E-state index is 0.328. The number of hydrogen-bond acceptors (Lipinski definition) is 6. The van der Waals surface area contributed by atoms with Crippen molar-refractivity contribution in [3.05, 3.63) is 70.6 Å². The molecule has 0 aliphatic carbocycles. The SMILES string of the molecule is CCOc1nc2sc(C=Nc3ccc(C)cc3)c(N)c2c(-c2ccccc2)c1C#N. The van der Waals surface area contributed by atoms with Crippen molar-refractivity contribution in [2.75, 3.05) is 12.3 Å². The summed E-state index contributed by atoms with van der Waals surface area (Å²) in [5, 5.41) is 10.6.